The van der Waals surface area contributed by atoms with Crippen molar-refractivity contribution in [1.29, 1.82) is 0 Å². The van der Waals surface area contributed by atoms with Crippen molar-refractivity contribution < 1.29 is 4.79 Å². The quantitative estimate of drug-likeness (QED) is 0.322. The summed E-state index contributed by atoms with van der Waals surface area (Å²) in [5, 5.41) is 4.25. The third-order valence-corrected chi connectivity index (χ3v) is 12.0. The summed E-state index contributed by atoms with van der Waals surface area (Å²) >= 11 is 0. The van der Waals surface area contributed by atoms with Gasteiger partial charge in [-0.25, -0.2) is 0 Å². The molecule has 4 aliphatic carbocycles. The highest BCUT2D eigenvalue weighted by Gasteiger charge is 2.61. The van der Waals surface area contributed by atoms with E-state index >= 15 is 0 Å². The zero-order chi connectivity index (χ0) is 28.5. The number of rotatable bonds is 9. The molecule has 0 aromatic carbocycles. The molecule has 0 radical (unpaired) electrons. The summed E-state index contributed by atoms with van der Waals surface area (Å²) in [5.74, 6) is 6.31. The van der Waals surface area contributed by atoms with Gasteiger partial charge in [-0.1, -0.05) is 94.1 Å². The van der Waals surface area contributed by atoms with Crippen molar-refractivity contribution in [3.8, 4) is 0 Å². The molecule has 0 spiro atoms. The second kappa shape index (κ2) is 15.3. The van der Waals surface area contributed by atoms with E-state index in [1.165, 1.54) is 89.9 Å². The van der Waals surface area contributed by atoms with E-state index in [2.05, 4.69) is 59.9 Å². The van der Waals surface area contributed by atoms with Gasteiger partial charge in [-0.15, -0.1) is 0 Å². The minimum Gasteiger partial charge on any atom is -0.386 e. The van der Waals surface area contributed by atoms with Gasteiger partial charge in [-0.3, -0.25) is 0 Å². The Hall–Kier alpha value is -0.790. The molecular weight excluding hydrogens is 462 g/mol. The van der Waals surface area contributed by atoms with Crippen LogP contribution in [0.3, 0.4) is 0 Å². The molecule has 4 rings (SSSR count). The predicted molar refractivity (Wildman–Crippen MR) is 167 cm³/mol. The second-order valence-corrected chi connectivity index (χ2v) is 14.4. The number of hydrogen-bond donors (Lipinski definition) is 1. The van der Waals surface area contributed by atoms with Gasteiger partial charge in [0.05, 0.1) is 0 Å². The number of carbonyl (C=O) groups excluding carboxylic acids is 1. The lowest BCUT2D eigenvalue weighted by Crippen LogP contribution is -2.59. The minimum absolute atomic E-state index is 0.542. The zero-order valence-corrected chi connectivity index (χ0v) is 27.2. The summed E-state index contributed by atoms with van der Waals surface area (Å²) in [6.07, 6.45) is 22.4. The Morgan fingerprint density at radius 1 is 1.03 bits per heavy atom. The average molecular weight is 530 g/mol. The van der Waals surface area contributed by atoms with E-state index in [9.17, 15) is 0 Å². The third kappa shape index (κ3) is 7.09. The molecule has 9 atom stereocenters. The molecule has 1 N–H and O–H groups in total. The lowest BCUT2D eigenvalue weighted by molar-refractivity contribution is -0.114. The highest BCUT2D eigenvalue weighted by atomic mass is 16.1. The summed E-state index contributed by atoms with van der Waals surface area (Å²) in [6.45, 7) is 23.9. The first-order chi connectivity index (χ1) is 18.2. The van der Waals surface area contributed by atoms with Gasteiger partial charge in [0, 0.05) is 11.7 Å². The molecule has 0 bridgehead atoms. The fourth-order valence-electron chi connectivity index (χ4n) is 10.1. The first-order valence-electron chi connectivity index (χ1n) is 16.9. The Morgan fingerprint density at radius 3 is 2.34 bits per heavy atom. The third-order valence-electron chi connectivity index (χ3n) is 12.0. The Morgan fingerprint density at radius 2 is 1.74 bits per heavy atom. The van der Waals surface area contributed by atoms with Crippen molar-refractivity contribution in [3.05, 3.63) is 11.8 Å². The van der Waals surface area contributed by atoms with Crippen LogP contribution in [0.2, 0.25) is 0 Å². The van der Waals surface area contributed by atoms with Crippen LogP contribution in [-0.2, 0) is 4.79 Å². The standard InChI is InChI=1S/C33H59N.C2H6.CH2O/c1-8-20-32(6)25(5)22-30(34-26-15-10-9-11-16-26)31-28-18-17-27(24(4)14-12-13-23(2)3)33(28,7)21-19-29(31)32;2*1-2/h15,23-25,27-31,34H,8-14,16-22H2,1-7H3;1-2H3;1H2. The maximum absolute atomic E-state index is 8.00. The SMILES string of the molecule is C=O.CC.CCCC1(C)C(C)CC(NC2=CCCCC2)C2C1CCC1(C)C(C(C)CCCC(C)C)CCC21. The molecule has 2 nitrogen and oxygen atoms in total. The summed E-state index contributed by atoms with van der Waals surface area (Å²) in [6, 6.07) is 0.717. The molecule has 3 saturated carbocycles. The molecular formula is C36H67NO. The van der Waals surface area contributed by atoms with Gasteiger partial charge in [-0.05, 0) is 116 Å². The van der Waals surface area contributed by atoms with Crippen LogP contribution in [0.5, 0.6) is 0 Å². The van der Waals surface area contributed by atoms with Gasteiger partial charge in [0.25, 0.3) is 0 Å². The molecule has 4 aliphatic rings. The number of hydrogen-bond acceptors (Lipinski definition) is 2. The van der Waals surface area contributed by atoms with Gasteiger partial charge in [0.1, 0.15) is 6.79 Å². The van der Waals surface area contributed by atoms with E-state index in [1.807, 2.05) is 20.6 Å². The number of allylic oxidation sites excluding steroid dienone is 2. The van der Waals surface area contributed by atoms with E-state index in [0.29, 0.717) is 16.9 Å². The molecule has 2 heteroatoms. The van der Waals surface area contributed by atoms with Crippen molar-refractivity contribution in [2.24, 2.45) is 52.3 Å². The van der Waals surface area contributed by atoms with Crippen molar-refractivity contribution in [3.63, 3.8) is 0 Å². The van der Waals surface area contributed by atoms with E-state index in [0.717, 1.165) is 41.4 Å². The summed E-state index contributed by atoms with van der Waals surface area (Å²) in [4.78, 5) is 8.00. The Bertz CT molecular complexity index is 714. The fraction of sp³-hybridized carbons (Fsp3) is 0.917. The molecule has 0 aromatic heterocycles. The van der Waals surface area contributed by atoms with Crippen molar-refractivity contribution in [1.82, 2.24) is 5.32 Å². The van der Waals surface area contributed by atoms with Crippen LogP contribution in [0.4, 0.5) is 0 Å². The van der Waals surface area contributed by atoms with E-state index in [4.69, 9.17) is 4.79 Å². The first kappa shape index (κ1) is 33.4. The lowest BCUT2D eigenvalue weighted by atomic mass is 9.45. The van der Waals surface area contributed by atoms with Crippen LogP contribution in [0.25, 0.3) is 0 Å². The molecule has 38 heavy (non-hydrogen) atoms. The molecule has 9 unspecified atom stereocenters. The van der Waals surface area contributed by atoms with Gasteiger partial charge in [-0.2, -0.15) is 0 Å². The number of carbonyl (C=O) groups is 1. The minimum atomic E-state index is 0.542. The van der Waals surface area contributed by atoms with Crippen molar-refractivity contribution in [2.45, 2.75) is 158 Å². The summed E-state index contributed by atoms with van der Waals surface area (Å²) < 4.78 is 0. The van der Waals surface area contributed by atoms with Crippen LogP contribution in [0.1, 0.15) is 152 Å². The van der Waals surface area contributed by atoms with Crippen LogP contribution in [-0.4, -0.2) is 12.8 Å². The number of nitrogens with one attached hydrogen (secondary N) is 1. The molecule has 0 aliphatic heterocycles. The van der Waals surface area contributed by atoms with Gasteiger partial charge in [0.2, 0.25) is 0 Å². The number of fused-ring (bicyclic) bond motifs is 3. The topological polar surface area (TPSA) is 29.1 Å². The van der Waals surface area contributed by atoms with E-state index in [1.54, 1.807) is 5.70 Å². The lowest BCUT2D eigenvalue weighted by Gasteiger charge is -2.62. The molecule has 0 heterocycles. The maximum Gasteiger partial charge on any atom is 0.106 e. The van der Waals surface area contributed by atoms with Crippen molar-refractivity contribution in [2.75, 3.05) is 0 Å². The molecule has 222 valence electrons. The fourth-order valence-corrected chi connectivity index (χ4v) is 10.1. The van der Waals surface area contributed by atoms with Gasteiger partial charge >= 0.3 is 0 Å². The molecule has 0 aromatic rings. The van der Waals surface area contributed by atoms with Crippen LogP contribution < -0.4 is 5.32 Å². The maximum atomic E-state index is 8.00. The summed E-state index contributed by atoms with van der Waals surface area (Å²) in [7, 11) is 0. The first-order valence-corrected chi connectivity index (χ1v) is 16.9. The van der Waals surface area contributed by atoms with Crippen LogP contribution >= 0.6 is 0 Å². The Kier molecular flexibility index (Phi) is 13.4. The Balaban J connectivity index is 0.00000121. The smallest absolute Gasteiger partial charge is 0.106 e. The zero-order valence-electron chi connectivity index (χ0n) is 27.2. The molecule has 3 fully saturated rings. The normalized spacial score (nSPS) is 38.9. The van der Waals surface area contributed by atoms with Gasteiger partial charge in [0.15, 0.2) is 0 Å². The van der Waals surface area contributed by atoms with Crippen LogP contribution in [0.15, 0.2) is 11.8 Å². The van der Waals surface area contributed by atoms with E-state index < -0.39 is 0 Å². The highest BCUT2D eigenvalue weighted by Crippen LogP contribution is 2.67. The second-order valence-electron chi connectivity index (χ2n) is 14.4. The average Bonchev–Trinajstić information content (AvgIpc) is 3.27. The predicted octanol–water partition coefficient (Wildman–Crippen LogP) is 10.6. The van der Waals surface area contributed by atoms with Crippen LogP contribution in [0, 0.1) is 52.3 Å². The molecule has 0 saturated heterocycles. The highest BCUT2D eigenvalue weighted by molar-refractivity contribution is 5.14. The van der Waals surface area contributed by atoms with Crippen molar-refractivity contribution >= 4 is 6.79 Å². The largest absolute Gasteiger partial charge is 0.386 e. The monoisotopic (exact) mass is 530 g/mol. The van der Waals surface area contributed by atoms with E-state index in [-0.39, 0.29) is 0 Å². The Labute approximate surface area is 239 Å². The van der Waals surface area contributed by atoms with Gasteiger partial charge < -0.3 is 10.1 Å². The summed E-state index contributed by atoms with van der Waals surface area (Å²) in [5.41, 5.74) is 2.72. The molecule has 0 amide bonds.